The first-order valence-electron chi connectivity index (χ1n) is 6.00. The third kappa shape index (κ3) is 2.34. The molecule has 20 heavy (non-hydrogen) atoms. The average Bonchev–Trinajstić information content (AvgIpc) is 2.73. The fourth-order valence-corrected chi connectivity index (χ4v) is 2.89. The number of hydrogen-bond acceptors (Lipinski definition) is 4. The van der Waals surface area contributed by atoms with E-state index in [0.717, 1.165) is 21.2 Å². The number of rotatable bonds is 2. The Morgan fingerprint density at radius 2 is 1.90 bits per heavy atom. The number of thiophene rings is 1. The molecule has 0 saturated heterocycles. The van der Waals surface area contributed by atoms with Crippen LogP contribution in [0.4, 0.5) is 20.3 Å². The molecular formula is C14H11F2N3S. The topological polar surface area (TPSA) is 37.8 Å². The Morgan fingerprint density at radius 1 is 1.10 bits per heavy atom. The number of aryl methyl sites for hydroxylation is 2. The molecule has 0 aliphatic carbocycles. The van der Waals surface area contributed by atoms with E-state index in [-0.39, 0.29) is 5.69 Å². The summed E-state index contributed by atoms with van der Waals surface area (Å²) in [4.78, 5) is 10.6. The lowest BCUT2D eigenvalue weighted by atomic mass is 10.2. The maximum absolute atomic E-state index is 13.7. The molecule has 0 unspecified atom stereocenters. The summed E-state index contributed by atoms with van der Waals surface area (Å²) in [5, 5.41) is 3.75. The minimum absolute atomic E-state index is 0.189. The number of fused-ring (bicyclic) bond motifs is 1. The van der Waals surface area contributed by atoms with Gasteiger partial charge < -0.3 is 5.32 Å². The first-order chi connectivity index (χ1) is 9.52. The first-order valence-corrected chi connectivity index (χ1v) is 6.81. The molecule has 0 aliphatic heterocycles. The van der Waals surface area contributed by atoms with Crippen molar-refractivity contribution in [2.24, 2.45) is 0 Å². The first kappa shape index (κ1) is 12.9. The second kappa shape index (κ2) is 4.79. The average molecular weight is 291 g/mol. The van der Waals surface area contributed by atoms with Crippen LogP contribution in [0, 0.1) is 25.5 Å². The zero-order valence-electron chi connectivity index (χ0n) is 10.9. The Kier molecular flexibility index (Phi) is 3.10. The van der Waals surface area contributed by atoms with Crippen molar-refractivity contribution in [3.63, 3.8) is 0 Å². The Labute approximate surface area is 118 Å². The molecule has 0 aliphatic rings. The van der Waals surface area contributed by atoms with Gasteiger partial charge in [0.1, 0.15) is 28.1 Å². The van der Waals surface area contributed by atoms with E-state index in [9.17, 15) is 8.78 Å². The fraction of sp³-hybridized carbons (Fsp3) is 0.143. The maximum atomic E-state index is 13.7. The van der Waals surface area contributed by atoms with E-state index in [0.29, 0.717) is 11.6 Å². The molecule has 3 rings (SSSR count). The predicted octanol–water partition coefficient (Wildman–Crippen LogP) is 4.33. The molecule has 0 amide bonds. The second-order valence-electron chi connectivity index (χ2n) is 4.44. The molecule has 1 aromatic carbocycles. The summed E-state index contributed by atoms with van der Waals surface area (Å²) in [6.45, 7) is 3.75. The lowest BCUT2D eigenvalue weighted by Gasteiger charge is -2.08. The molecule has 102 valence electrons. The zero-order valence-corrected chi connectivity index (χ0v) is 11.7. The molecule has 0 bridgehead atoms. The molecule has 2 heterocycles. The summed E-state index contributed by atoms with van der Waals surface area (Å²) < 4.78 is 26.6. The summed E-state index contributed by atoms with van der Waals surface area (Å²) in [5.74, 6) is -0.128. The highest BCUT2D eigenvalue weighted by Gasteiger charge is 2.11. The Morgan fingerprint density at radius 3 is 2.65 bits per heavy atom. The van der Waals surface area contributed by atoms with Crippen molar-refractivity contribution in [1.82, 2.24) is 9.97 Å². The van der Waals surface area contributed by atoms with Crippen LogP contribution in [0.2, 0.25) is 0 Å². The quantitative estimate of drug-likeness (QED) is 0.763. The molecule has 0 atom stereocenters. The number of hydrogen-bond donors (Lipinski definition) is 1. The van der Waals surface area contributed by atoms with Crippen LogP contribution < -0.4 is 5.32 Å². The molecule has 0 fully saturated rings. The monoisotopic (exact) mass is 291 g/mol. The highest BCUT2D eigenvalue weighted by Crippen LogP contribution is 2.30. The molecule has 3 aromatic rings. The lowest BCUT2D eigenvalue weighted by Crippen LogP contribution is -1.99. The lowest BCUT2D eigenvalue weighted by molar-refractivity contribution is 0.586. The van der Waals surface area contributed by atoms with Gasteiger partial charge in [-0.25, -0.2) is 18.7 Å². The zero-order chi connectivity index (χ0) is 14.3. The van der Waals surface area contributed by atoms with E-state index in [1.54, 1.807) is 18.3 Å². The smallest absolute Gasteiger partial charge is 0.149 e. The van der Waals surface area contributed by atoms with E-state index in [4.69, 9.17) is 0 Å². The van der Waals surface area contributed by atoms with Crippen LogP contribution in [0.15, 0.2) is 24.3 Å². The van der Waals surface area contributed by atoms with Gasteiger partial charge in [-0.3, -0.25) is 0 Å². The van der Waals surface area contributed by atoms with Crippen molar-refractivity contribution in [1.29, 1.82) is 0 Å². The van der Waals surface area contributed by atoms with Crippen LogP contribution in [0.25, 0.3) is 10.2 Å². The molecule has 3 nitrogen and oxygen atoms in total. The van der Waals surface area contributed by atoms with Crippen molar-refractivity contribution in [2.75, 3.05) is 5.32 Å². The summed E-state index contributed by atoms with van der Waals surface area (Å²) in [6, 6.07) is 5.35. The van der Waals surface area contributed by atoms with Crippen molar-refractivity contribution in [3.8, 4) is 0 Å². The van der Waals surface area contributed by atoms with E-state index in [1.165, 1.54) is 12.1 Å². The van der Waals surface area contributed by atoms with Crippen LogP contribution in [0.3, 0.4) is 0 Å². The number of aromatic nitrogens is 2. The van der Waals surface area contributed by atoms with E-state index < -0.39 is 11.6 Å². The number of halogens is 2. The number of nitrogens with one attached hydrogen (secondary N) is 1. The molecule has 6 heteroatoms. The third-order valence-electron chi connectivity index (χ3n) is 2.81. The predicted molar refractivity (Wildman–Crippen MR) is 76.5 cm³/mol. The summed E-state index contributed by atoms with van der Waals surface area (Å²) in [7, 11) is 0. The third-order valence-corrected chi connectivity index (χ3v) is 3.76. The highest BCUT2D eigenvalue weighted by atomic mass is 32.1. The summed E-state index contributed by atoms with van der Waals surface area (Å²) in [6.07, 6.45) is 0. The van der Waals surface area contributed by atoms with Gasteiger partial charge in [-0.2, -0.15) is 0 Å². The highest BCUT2D eigenvalue weighted by molar-refractivity contribution is 7.18. The number of benzene rings is 1. The van der Waals surface area contributed by atoms with Gasteiger partial charge in [-0.15, -0.1) is 11.3 Å². The SMILES string of the molecule is Cc1nc(Nc2ccc(F)cc2F)c2cc(C)sc2n1. The summed E-state index contributed by atoms with van der Waals surface area (Å²) in [5.41, 5.74) is 0.189. The van der Waals surface area contributed by atoms with Crippen LogP contribution >= 0.6 is 11.3 Å². The van der Waals surface area contributed by atoms with E-state index in [2.05, 4.69) is 15.3 Å². The fourth-order valence-electron chi connectivity index (χ4n) is 1.96. The van der Waals surface area contributed by atoms with Crippen LogP contribution in [-0.2, 0) is 0 Å². The van der Waals surface area contributed by atoms with Crippen LogP contribution in [0.5, 0.6) is 0 Å². The molecule has 0 radical (unpaired) electrons. The Hall–Kier alpha value is -2.08. The largest absolute Gasteiger partial charge is 0.337 e. The minimum atomic E-state index is -0.652. The molecule has 0 spiro atoms. The number of anilines is 2. The van der Waals surface area contributed by atoms with Crippen LogP contribution in [-0.4, -0.2) is 9.97 Å². The second-order valence-corrected chi connectivity index (χ2v) is 5.68. The van der Waals surface area contributed by atoms with Crippen molar-refractivity contribution >= 4 is 33.1 Å². The standard InChI is InChI=1S/C14H11F2N3S/c1-7-5-10-13(17-8(2)18-14(10)20-7)19-12-4-3-9(15)6-11(12)16/h3-6H,1-2H3,(H,17,18,19). The van der Waals surface area contributed by atoms with Gasteiger partial charge in [-0.1, -0.05) is 0 Å². The van der Waals surface area contributed by atoms with Gasteiger partial charge >= 0.3 is 0 Å². The minimum Gasteiger partial charge on any atom is -0.337 e. The van der Waals surface area contributed by atoms with Gasteiger partial charge in [0.05, 0.1) is 11.1 Å². The van der Waals surface area contributed by atoms with E-state index in [1.807, 2.05) is 13.0 Å². The van der Waals surface area contributed by atoms with Crippen molar-refractivity contribution < 1.29 is 8.78 Å². The van der Waals surface area contributed by atoms with Crippen molar-refractivity contribution in [2.45, 2.75) is 13.8 Å². The summed E-state index contributed by atoms with van der Waals surface area (Å²) >= 11 is 1.55. The molecule has 2 aromatic heterocycles. The van der Waals surface area contributed by atoms with E-state index >= 15 is 0 Å². The van der Waals surface area contributed by atoms with Gasteiger partial charge in [-0.05, 0) is 32.0 Å². The molecular weight excluding hydrogens is 280 g/mol. The van der Waals surface area contributed by atoms with Gasteiger partial charge in [0.25, 0.3) is 0 Å². The normalized spacial score (nSPS) is 11.0. The Bertz CT molecular complexity index is 798. The maximum Gasteiger partial charge on any atom is 0.149 e. The van der Waals surface area contributed by atoms with Gasteiger partial charge in [0.2, 0.25) is 0 Å². The van der Waals surface area contributed by atoms with Crippen molar-refractivity contribution in [3.05, 3.63) is 46.6 Å². The number of nitrogens with zero attached hydrogens (tertiary/aromatic N) is 2. The Balaban J connectivity index is 2.10. The van der Waals surface area contributed by atoms with Gasteiger partial charge in [0, 0.05) is 10.9 Å². The van der Waals surface area contributed by atoms with Gasteiger partial charge in [0.15, 0.2) is 0 Å². The molecule has 0 saturated carbocycles. The van der Waals surface area contributed by atoms with Crippen LogP contribution in [0.1, 0.15) is 10.7 Å². The molecule has 1 N–H and O–H groups in total.